The normalized spacial score (nSPS) is 13.7. The molecule has 0 aliphatic heterocycles. The van der Waals surface area contributed by atoms with Crippen molar-refractivity contribution in [2.75, 3.05) is 6.54 Å². The Balaban J connectivity index is 2.68. The summed E-state index contributed by atoms with van der Waals surface area (Å²) in [4.78, 5) is 8.60. The number of hydrogen-bond acceptors (Lipinski definition) is 4. The Morgan fingerprint density at radius 1 is 1.33 bits per heavy atom. The lowest BCUT2D eigenvalue weighted by Crippen LogP contribution is -2.40. The minimum Gasteiger partial charge on any atom is -0.389 e. The summed E-state index contributed by atoms with van der Waals surface area (Å²) in [5.74, 6) is 0.794. The second-order valence-electron chi connectivity index (χ2n) is 4.99. The molecule has 0 aliphatic rings. The van der Waals surface area contributed by atoms with E-state index < -0.39 is 5.60 Å². The van der Waals surface area contributed by atoms with Crippen molar-refractivity contribution in [3.05, 3.63) is 23.3 Å². The van der Waals surface area contributed by atoms with Crippen LogP contribution in [0, 0.1) is 13.8 Å². The van der Waals surface area contributed by atoms with Gasteiger partial charge in [-0.1, -0.05) is 13.8 Å². The van der Waals surface area contributed by atoms with Gasteiger partial charge in [0.25, 0.3) is 0 Å². The molecule has 0 aliphatic carbocycles. The summed E-state index contributed by atoms with van der Waals surface area (Å²) in [5, 5.41) is 13.6. The fourth-order valence-electron chi connectivity index (χ4n) is 1.97. The van der Waals surface area contributed by atoms with Gasteiger partial charge < -0.3 is 10.4 Å². The predicted octanol–water partition coefficient (Wildman–Crippen LogP) is 2.30. The summed E-state index contributed by atoms with van der Waals surface area (Å²) < 4.78 is 0. The van der Waals surface area contributed by atoms with E-state index in [2.05, 4.69) is 22.2 Å². The van der Waals surface area contributed by atoms with E-state index in [0.717, 1.165) is 29.9 Å². The standard InChI is InChI=1S/C14H25N3O/c1-6-14(18,7-2)9-16-10(3)13-8-15-12(5)17-11(13)4/h8,10,16,18H,6-7,9H2,1-5H3. The molecule has 0 fully saturated rings. The first kappa shape index (κ1) is 15.1. The van der Waals surface area contributed by atoms with Gasteiger partial charge in [-0.2, -0.15) is 0 Å². The number of aryl methyl sites for hydroxylation is 2. The molecule has 2 N–H and O–H groups in total. The number of rotatable bonds is 6. The van der Waals surface area contributed by atoms with Crippen molar-refractivity contribution in [2.45, 2.75) is 59.1 Å². The van der Waals surface area contributed by atoms with E-state index in [1.165, 1.54) is 0 Å². The van der Waals surface area contributed by atoms with Gasteiger partial charge in [0.2, 0.25) is 0 Å². The zero-order valence-electron chi connectivity index (χ0n) is 12.1. The number of nitrogens with zero attached hydrogens (tertiary/aromatic N) is 2. The summed E-state index contributed by atoms with van der Waals surface area (Å²) in [6, 6.07) is 0.148. The highest BCUT2D eigenvalue weighted by Gasteiger charge is 2.23. The lowest BCUT2D eigenvalue weighted by molar-refractivity contribution is 0.0303. The van der Waals surface area contributed by atoms with Crippen molar-refractivity contribution in [3.8, 4) is 0 Å². The molecule has 1 atom stereocenters. The molecule has 1 aromatic rings. The number of nitrogens with one attached hydrogen (secondary N) is 1. The lowest BCUT2D eigenvalue weighted by atomic mass is 9.96. The summed E-state index contributed by atoms with van der Waals surface area (Å²) in [6.45, 7) is 10.6. The number of aliphatic hydroxyl groups is 1. The molecule has 0 spiro atoms. The summed E-state index contributed by atoms with van der Waals surface area (Å²) in [6.07, 6.45) is 3.38. The number of hydrogen-bond donors (Lipinski definition) is 2. The fourth-order valence-corrected chi connectivity index (χ4v) is 1.97. The van der Waals surface area contributed by atoms with Crippen LogP contribution < -0.4 is 5.32 Å². The van der Waals surface area contributed by atoms with Gasteiger partial charge >= 0.3 is 0 Å². The highest BCUT2D eigenvalue weighted by Crippen LogP contribution is 2.18. The van der Waals surface area contributed by atoms with Gasteiger partial charge in [-0.05, 0) is 33.6 Å². The molecule has 4 heteroatoms. The Kier molecular flexibility index (Phi) is 5.23. The molecule has 0 saturated carbocycles. The van der Waals surface area contributed by atoms with Crippen LogP contribution in [0.4, 0.5) is 0 Å². The molecule has 1 aromatic heterocycles. The summed E-state index contributed by atoms with van der Waals surface area (Å²) in [5.41, 5.74) is 1.47. The molecule has 1 unspecified atom stereocenters. The maximum absolute atomic E-state index is 10.2. The van der Waals surface area contributed by atoms with Gasteiger partial charge in [0.1, 0.15) is 5.82 Å². The van der Waals surface area contributed by atoms with Gasteiger partial charge in [0, 0.05) is 30.0 Å². The number of aromatic nitrogens is 2. The van der Waals surface area contributed by atoms with Crippen LogP contribution in [0.3, 0.4) is 0 Å². The maximum Gasteiger partial charge on any atom is 0.125 e. The van der Waals surface area contributed by atoms with Crippen LogP contribution in [-0.2, 0) is 0 Å². The van der Waals surface area contributed by atoms with Crippen molar-refractivity contribution < 1.29 is 5.11 Å². The molecule has 0 amide bonds. The average molecular weight is 251 g/mol. The van der Waals surface area contributed by atoms with Crippen LogP contribution in [0.5, 0.6) is 0 Å². The third kappa shape index (κ3) is 3.75. The van der Waals surface area contributed by atoms with E-state index in [4.69, 9.17) is 0 Å². The summed E-state index contributed by atoms with van der Waals surface area (Å²) in [7, 11) is 0. The van der Waals surface area contributed by atoms with Gasteiger partial charge in [-0.25, -0.2) is 9.97 Å². The second kappa shape index (κ2) is 6.25. The molecule has 102 valence electrons. The van der Waals surface area contributed by atoms with Crippen LogP contribution in [-0.4, -0.2) is 27.2 Å². The molecule has 0 radical (unpaired) electrons. The Bertz CT molecular complexity index is 389. The molecule has 0 bridgehead atoms. The molecule has 0 saturated heterocycles. The van der Waals surface area contributed by atoms with Crippen molar-refractivity contribution in [1.29, 1.82) is 0 Å². The van der Waals surface area contributed by atoms with E-state index >= 15 is 0 Å². The SMILES string of the molecule is CCC(O)(CC)CNC(C)c1cnc(C)nc1C. The van der Waals surface area contributed by atoms with Crippen molar-refractivity contribution in [1.82, 2.24) is 15.3 Å². The third-order valence-electron chi connectivity index (χ3n) is 3.66. The molecule has 1 heterocycles. The van der Waals surface area contributed by atoms with Crippen molar-refractivity contribution in [3.63, 3.8) is 0 Å². The highest BCUT2D eigenvalue weighted by molar-refractivity contribution is 5.19. The Morgan fingerprint density at radius 2 is 1.94 bits per heavy atom. The van der Waals surface area contributed by atoms with Crippen LogP contribution in [0.25, 0.3) is 0 Å². The Labute approximate surface area is 110 Å². The fraction of sp³-hybridized carbons (Fsp3) is 0.714. The topological polar surface area (TPSA) is 58.0 Å². The molecule has 1 rings (SSSR count). The maximum atomic E-state index is 10.2. The minimum absolute atomic E-state index is 0.148. The molecular formula is C14H25N3O. The zero-order valence-corrected chi connectivity index (χ0v) is 12.1. The van der Waals surface area contributed by atoms with Crippen LogP contribution >= 0.6 is 0 Å². The Morgan fingerprint density at radius 3 is 2.44 bits per heavy atom. The largest absolute Gasteiger partial charge is 0.389 e. The molecule has 4 nitrogen and oxygen atoms in total. The van der Waals surface area contributed by atoms with Crippen molar-refractivity contribution >= 4 is 0 Å². The van der Waals surface area contributed by atoms with Gasteiger partial charge in [0.15, 0.2) is 0 Å². The monoisotopic (exact) mass is 251 g/mol. The smallest absolute Gasteiger partial charge is 0.125 e. The zero-order chi connectivity index (χ0) is 13.8. The quantitative estimate of drug-likeness (QED) is 0.814. The summed E-state index contributed by atoms with van der Waals surface area (Å²) >= 11 is 0. The first-order valence-corrected chi connectivity index (χ1v) is 6.67. The van der Waals surface area contributed by atoms with E-state index in [9.17, 15) is 5.11 Å². The van der Waals surface area contributed by atoms with E-state index in [1.54, 1.807) is 0 Å². The van der Waals surface area contributed by atoms with E-state index in [0.29, 0.717) is 6.54 Å². The first-order chi connectivity index (χ1) is 8.41. The minimum atomic E-state index is -0.617. The third-order valence-corrected chi connectivity index (χ3v) is 3.66. The molecular weight excluding hydrogens is 226 g/mol. The Hall–Kier alpha value is -1.00. The van der Waals surface area contributed by atoms with Crippen LogP contribution in [0.2, 0.25) is 0 Å². The van der Waals surface area contributed by atoms with Gasteiger partial charge in [0.05, 0.1) is 5.60 Å². The highest BCUT2D eigenvalue weighted by atomic mass is 16.3. The van der Waals surface area contributed by atoms with Crippen LogP contribution in [0.1, 0.15) is 56.7 Å². The van der Waals surface area contributed by atoms with Gasteiger partial charge in [-0.3, -0.25) is 0 Å². The predicted molar refractivity (Wildman–Crippen MR) is 73.5 cm³/mol. The first-order valence-electron chi connectivity index (χ1n) is 6.67. The van der Waals surface area contributed by atoms with E-state index in [1.807, 2.05) is 33.9 Å². The lowest BCUT2D eigenvalue weighted by Gasteiger charge is -2.28. The van der Waals surface area contributed by atoms with Crippen molar-refractivity contribution in [2.24, 2.45) is 0 Å². The van der Waals surface area contributed by atoms with Crippen LogP contribution in [0.15, 0.2) is 6.20 Å². The average Bonchev–Trinajstić information content (AvgIpc) is 2.35. The second-order valence-corrected chi connectivity index (χ2v) is 4.99. The molecule has 18 heavy (non-hydrogen) atoms. The molecule has 0 aromatic carbocycles. The van der Waals surface area contributed by atoms with Gasteiger partial charge in [-0.15, -0.1) is 0 Å². The van der Waals surface area contributed by atoms with E-state index in [-0.39, 0.29) is 6.04 Å².